The lowest BCUT2D eigenvalue weighted by atomic mass is 10.2. The van der Waals surface area contributed by atoms with Gasteiger partial charge in [0.15, 0.2) is 5.69 Å². The number of nitro benzene ring substituents is 1. The lowest BCUT2D eigenvalue weighted by molar-refractivity contribution is -0.384. The maximum atomic E-state index is 11.8. The molecule has 0 radical (unpaired) electrons. The van der Waals surface area contributed by atoms with Gasteiger partial charge >= 0.3 is 5.97 Å². The van der Waals surface area contributed by atoms with Crippen molar-refractivity contribution in [3.8, 4) is 17.5 Å². The van der Waals surface area contributed by atoms with Crippen LogP contribution in [-0.4, -0.2) is 27.7 Å². The Morgan fingerprint density at radius 1 is 1.50 bits per heavy atom. The number of esters is 1. The van der Waals surface area contributed by atoms with E-state index in [9.17, 15) is 20.0 Å². The van der Waals surface area contributed by atoms with Crippen molar-refractivity contribution in [2.75, 3.05) is 12.8 Å². The van der Waals surface area contributed by atoms with Crippen molar-refractivity contribution in [1.29, 1.82) is 5.26 Å². The average molecular weight is 302 g/mol. The van der Waals surface area contributed by atoms with Gasteiger partial charge in [0.1, 0.15) is 11.8 Å². The summed E-state index contributed by atoms with van der Waals surface area (Å²) < 4.78 is 5.76. The number of nitrogen functional groups attached to an aromatic ring is 1. The van der Waals surface area contributed by atoms with Gasteiger partial charge in [-0.05, 0) is 0 Å². The zero-order chi connectivity index (χ0) is 16.4. The van der Waals surface area contributed by atoms with E-state index in [1.165, 1.54) is 12.3 Å². The number of methoxy groups -OCH3 is 1. The molecule has 0 aliphatic rings. The maximum absolute atomic E-state index is 11.8. The predicted octanol–water partition coefficient (Wildman–Crippen LogP) is 1.33. The summed E-state index contributed by atoms with van der Waals surface area (Å²) in [4.78, 5) is 22.0. The number of nitro groups is 1. The second-order valence-corrected chi connectivity index (χ2v) is 4.24. The first-order valence-corrected chi connectivity index (χ1v) is 5.87. The molecule has 9 nitrogen and oxygen atoms in total. The number of rotatable bonds is 3. The fourth-order valence-corrected chi connectivity index (χ4v) is 1.94. The van der Waals surface area contributed by atoms with Gasteiger partial charge in [0, 0.05) is 18.3 Å². The van der Waals surface area contributed by atoms with Gasteiger partial charge in [-0.25, -0.2) is 4.79 Å². The largest absolute Gasteiger partial charge is 0.508 e. The van der Waals surface area contributed by atoms with Crippen LogP contribution >= 0.6 is 0 Å². The fourth-order valence-electron chi connectivity index (χ4n) is 1.94. The minimum Gasteiger partial charge on any atom is -0.508 e. The van der Waals surface area contributed by atoms with Crippen LogP contribution in [0.2, 0.25) is 0 Å². The Kier molecular flexibility index (Phi) is 3.68. The van der Waals surface area contributed by atoms with Crippen LogP contribution in [-0.2, 0) is 4.74 Å². The monoisotopic (exact) mass is 302 g/mol. The number of nitriles is 1. The number of phenols is 1. The van der Waals surface area contributed by atoms with Crippen LogP contribution in [0.4, 0.5) is 11.4 Å². The summed E-state index contributed by atoms with van der Waals surface area (Å²) in [5, 5.41) is 29.5. The first kappa shape index (κ1) is 14.9. The number of hydrogen-bond acceptors (Lipinski definition) is 7. The van der Waals surface area contributed by atoms with Gasteiger partial charge in [-0.2, -0.15) is 5.26 Å². The second kappa shape index (κ2) is 5.45. The molecule has 0 aliphatic carbocycles. The molecule has 2 rings (SSSR count). The molecule has 0 fully saturated rings. The number of anilines is 1. The van der Waals surface area contributed by atoms with E-state index < -0.39 is 10.9 Å². The lowest BCUT2D eigenvalue weighted by Crippen LogP contribution is -2.11. The number of carbonyl (C=O) groups excluding carboxylic acids is 1. The number of phenolic OH excluding ortho intramolecular Hbond substituents is 1. The Morgan fingerprint density at radius 3 is 2.73 bits per heavy atom. The third-order valence-electron chi connectivity index (χ3n) is 2.92. The van der Waals surface area contributed by atoms with E-state index in [0.29, 0.717) is 0 Å². The highest BCUT2D eigenvalue weighted by atomic mass is 16.6. The highest BCUT2D eigenvalue weighted by Crippen LogP contribution is 2.29. The summed E-state index contributed by atoms with van der Waals surface area (Å²) in [6.45, 7) is 0. The molecule has 0 unspecified atom stereocenters. The quantitative estimate of drug-likeness (QED) is 0.494. The molecule has 3 N–H and O–H groups in total. The van der Waals surface area contributed by atoms with E-state index >= 15 is 0 Å². The topological polar surface area (TPSA) is 144 Å². The van der Waals surface area contributed by atoms with Crippen LogP contribution in [0.5, 0.6) is 5.75 Å². The molecule has 112 valence electrons. The predicted molar refractivity (Wildman–Crippen MR) is 74.6 cm³/mol. The van der Waals surface area contributed by atoms with Crippen LogP contribution in [0.25, 0.3) is 5.69 Å². The Balaban J connectivity index is 2.75. The first-order valence-electron chi connectivity index (χ1n) is 5.87. The van der Waals surface area contributed by atoms with Gasteiger partial charge in [-0.1, -0.05) is 0 Å². The average Bonchev–Trinajstić information content (AvgIpc) is 2.82. The highest BCUT2D eigenvalue weighted by molar-refractivity contribution is 5.96. The standard InChI is InChI=1S/C13H10N4O5/c1-22-13(19)12-11(15)7(5-14)6-16(12)8-2-9(17(20)21)4-10(18)3-8/h2-4,6,18H,15H2,1H3. The number of ether oxygens (including phenoxy) is 1. The molecule has 1 aromatic heterocycles. The molecule has 1 aromatic carbocycles. The maximum Gasteiger partial charge on any atom is 0.357 e. The molecular formula is C13H10N4O5. The van der Waals surface area contributed by atoms with Crippen molar-refractivity contribution in [3.05, 3.63) is 45.8 Å². The molecule has 0 spiro atoms. The first-order chi connectivity index (χ1) is 10.4. The number of hydrogen-bond donors (Lipinski definition) is 2. The van der Waals surface area contributed by atoms with Crippen molar-refractivity contribution in [2.24, 2.45) is 0 Å². The summed E-state index contributed by atoms with van der Waals surface area (Å²) in [5.41, 5.74) is 5.18. The minimum atomic E-state index is -0.815. The summed E-state index contributed by atoms with van der Waals surface area (Å²) in [7, 11) is 1.13. The molecule has 0 amide bonds. The Bertz CT molecular complexity index is 819. The van der Waals surface area contributed by atoms with Crippen molar-refractivity contribution >= 4 is 17.3 Å². The summed E-state index contributed by atoms with van der Waals surface area (Å²) in [6.07, 6.45) is 1.24. The van der Waals surface area contributed by atoms with Crippen molar-refractivity contribution in [1.82, 2.24) is 4.57 Å². The number of nitrogens with zero attached hydrogens (tertiary/aromatic N) is 3. The van der Waals surface area contributed by atoms with Crippen molar-refractivity contribution in [2.45, 2.75) is 0 Å². The Labute approximate surface area is 123 Å². The van der Waals surface area contributed by atoms with E-state index in [-0.39, 0.29) is 34.1 Å². The van der Waals surface area contributed by atoms with Crippen LogP contribution in [0.3, 0.4) is 0 Å². The van der Waals surface area contributed by atoms with Crippen molar-refractivity contribution in [3.63, 3.8) is 0 Å². The van der Waals surface area contributed by atoms with Crippen molar-refractivity contribution < 1.29 is 19.6 Å². The number of aromatic nitrogens is 1. The highest BCUT2D eigenvalue weighted by Gasteiger charge is 2.23. The third kappa shape index (κ3) is 2.40. The second-order valence-electron chi connectivity index (χ2n) is 4.24. The minimum absolute atomic E-state index is 0.00592. The molecule has 2 aromatic rings. The molecule has 22 heavy (non-hydrogen) atoms. The molecule has 0 saturated heterocycles. The number of aromatic hydroxyl groups is 1. The summed E-state index contributed by atoms with van der Waals surface area (Å²) in [6, 6.07) is 5.09. The lowest BCUT2D eigenvalue weighted by Gasteiger charge is -2.08. The number of non-ortho nitro benzene ring substituents is 1. The van der Waals surface area contributed by atoms with E-state index in [1.54, 1.807) is 6.07 Å². The fraction of sp³-hybridized carbons (Fsp3) is 0.0769. The third-order valence-corrected chi connectivity index (χ3v) is 2.92. The Morgan fingerprint density at radius 2 is 2.18 bits per heavy atom. The molecule has 0 atom stereocenters. The van der Waals surface area contributed by atoms with Crippen LogP contribution in [0.1, 0.15) is 16.1 Å². The zero-order valence-corrected chi connectivity index (χ0v) is 11.3. The SMILES string of the molecule is COC(=O)c1c(N)c(C#N)cn1-c1cc(O)cc([N+](=O)[O-])c1. The van der Waals surface area contributed by atoms with Crippen LogP contribution < -0.4 is 5.73 Å². The number of nitrogens with two attached hydrogens (primary N) is 1. The molecule has 1 heterocycles. The molecule has 0 bridgehead atoms. The zero-order valence-electron chi connectivity index (χ0n) is 11.3. The van der Waals surface area contributed by atoms with Gasteiger partial charge in [0.2, 0.25) is 0 Å². The Hall–Kier alpha value is -3.54. The van der Waals surface area contributed by atoms with E-state index in [4.69, 9.17) is 11.0 Å². The molecule has 9 heteroatoms. The van der Waals surface area contributed by atoms with Crippen LogP contribution in [0.15, 0.2) is 24.4 Å². The number of carbonyl (C=O) groups is 1. The van der Waals surface area contributed by atoms with E-state index in [0.717, 1.165) is 23.8 Å². The molecule has 0 aliphatic heterocycles. The molecule has 0 saturated carbocycles. The van der Waals surface area contributed by atoms with Crippen LogP contribution in [0, 0.1) is 21.4 Å². The van der Waals surface area contributed by atoms with Gasteiger partial charge in [0.05, 0.1) is 35.0 Å². The number of benzene rings is 1. The normalized spacial score (nSPS) is 10.0. The smallest absolute Gasteiger partial charge is 0.357 e. The van der Waals surface area contributed by atoms with Gasteiger partial charge < -0.3 is 20.1 Å². The van der Waals surface area contributed by atoms with Gasteiger partial charge in [-0.3, -0.25) is 10.1 Å². The van der Waals surface area contributed by atoms with Gasteiger partial charge in [0.25, 0.3) is 5.69 Å². The molecular weight excluding hydrogens is 292 g/mol. The van der Waals surface area contributed by atoms with E-state index in [1.807, 2.05) is 0 Å². The van der Waals surface area contributed by atoms with E-state index in [2.05, 4.69) is 4.74 Å². The summed E-state index contributed by atoms with van der Waals surface area (Å²) in [5.74, 6) is -1.18. The summed E-state index contributed by atoms with van der Waals surface area (Å²) >= 11 is 0. The van der Waals surface area contributed by atoms with Gasteiger partial charge in [-0.15, -0.1) is 0 Å².